The molecule has 0 fully saturated rings. The van der Waals surface area contributed by atoms with Gasteiger partial charge in [0.15, 0.2) is 9.84 Å². The molecule has 0 atom stereocenters. The highest BCUT2D eigenvalue weighted by Gasteiger charge is 2.47. The first-order valence-electron chi connectivity index (χ1n) is 7.60. The van der Waals surface area contributed by atoms with E-state index < -0.39 is 35.8 Å². The molecule has 0 aliphatic heterocycles. The van der Waals surface area contributed by atoms with E-state index in [1.807, 2.05) is 0 Å². The molecule has 0 unspecified atom stereocenters. The highest BCUT2D eigenvalue weighted by atomic mass is 35.5. The maximum atomic E-state index is 12.7. The summed E-state index contributed by atoms with van der Waals surface area (Å²) in [6.07, 6.45) is 1.16. The number of alkyl halides is 3. The van der Waals surface area contributed by atoms with Crippen LogP contribution in [0.4, 0.5) is 13.2 Å². The number of sulfone groups is 2. The predicted octanol–water partition coefficient (Wildman–Crippen LogP) is 2.16. The molecule has 7 nitrogen and oxygen atoms in total. The molecule has 28 heavy (non-hydrogen) atoms. The number of hydrogen-bond donors (Lipinski definition) is 2. The molecule has 2 N–H and O–H groups in total. The van der Waals surface area contributed by atoms with Crippen molar-refractivity contribution >= 4 is 31.3 Å². The molecule has 0 saturated heterocycles. The average molecular weight is 460 g/mol. The first-order valence-corrected chi connectivity index (χ1v) is 11.1. The monoisotopic (exact) mass is 459 g/mol. The van der Waals surface area contributed by atoms with Crippen LogP contribution in [0, 0.1) is 0 Å². The van der Waals surface area contributed by atoms with Gasteiger partial charge in [-0.15, -0.1) is 0 Å². The van der Waals surface area contributed by atoms with Crippen LogP contribution in [-0.2, 0) is 26.2 Å². The minimum atomic E-state index is -5.59. The molecule has 0 saturated carbocycles. The Morgan fingerprint density at radius 2 is 1.71 bits per heavy atom. The number of benzene rings is 1. The fourth-order valence-corrected chi connectivity index (χ4v) is 3.97. The molecule has 0 amide bonds. The van der Waals surface area contributed by atoms with E-state index >= 15 is 0 Å². The van der Waals surface area contributed by atoms with E-state index in [1.54, 1.807) is 0 Å². The summed E-state index contributed by atoms with van der Waals surface area (Å²) in [7, 11) is -9.13. The van der Waals surface area contributed by atoms with Crippen LogP contribution in [0.15, 0.2) is 46.3 Å². The number of phenolic OH excluding ortho intramolecular Hbond substituents is 1. The molecule has 1 heterocycles. The van der Waals surface area contributed by atoms with Crippen LogP contribution in [-0.4, -0.2) is 33.2 Å². The number of hydrogen-bond acceptors (Lipinski definition) is 6. The second kappa shape index (κ2) is 7.76. The van der Waals surface area contributed by atoms with Crippen molar-refractivity contribution in [3.63, 3.8) is 0 Å². The standard InChI is InChI=1S/C15H14ClF3N2O5S2/c1-2-27(23,24)12-4-6-14(16)21(9-12)20-8-10-7-11(3-5-13(10)22)28(25,26)15(17,18)19/h3-7,9,20H,2,8H2,1H3/p+1. The first-order chi connectivity index (χ1) is 12.8. The minimum absolute atomic E-state index is 0.0496. The van der Waals surface area contributed by atoms with Gasteiger partial charge in [0.25, 0.3) is 9.84 Å². The molecular weight excluding hydrogens is 445 g/mol. The molecule has 0 radical (unpaired) electrons. The number of phenols is 1. The smallest absolute Gasteiger partial charge is 0.501 e. The Kier molecular flexibility index (Phi) is 6.16. The van der Waals surface area contributed by atoms with Gasteiger partial charge in [-0.3, -0.25) is 0 Å². The lowest BCUT2D eigenvalue weighted by molar-refractivity contribution is -0.651. The summed E-state index contributed by atoms with van der Waals surface area (Å²) < 4.78 is 86.1. The van der Waals surface area contributed by atoms with E-state index in [4.69, 9.17) is 11.6 Å². The molecule has 154 valence electrons. The quantitative estimate of drug-likeness (QED) is 0.506. The van der Waals surface area contributed by atoms with Crippen molar-refractivity contribution in [3.05, 3.63) is 47.2 Å². The van der Waals surface area contributed by atoms with Gasteiger partial charge >= 0.3 is 10.7 Å². The van der Waals surface area contributed by atoms with E-state index in [2.05, 4.69) is 5.43 Å². The second-order valence-corrected chi connectivity index (χ2v) is 10.1. The van der Waals surface area contributed by atoms with Crippen LogP contribution >= 0.6 is 11.6 Å². The summed E-state index contributed by atoms with van der Waals surface area (Å²) in [5, 5.41) is 9.87. The molecular formula is C15H15ClF3N2O5S2+. The van der Waals surface area contributed by atoms with E-state index in [0.717, 1.165) is 16.9 Å². The van der Waals surface area contributed by atoms with Crippen molar-refractivity contribution in [3.8, 4) is 5.75 Å². The molecule has 2 rings (SSSR count). The highest BCUT2D eigenvalue weighted by Crippen LogP contribution is 2.32. The Labute approximate surface area is 164 Å². The van der Waals surface area contributed by atoms with Crippen molar-refractivity contribution in [1.82, 2.24) is 0 Å². The van der Waals surface area contributed by atoms with Gasteiger partial charge in [0.2, 0.25) is 6.20 Å². The average Bonchev–Trinajstić information content (AvgIpc) is 2.60. The van der Waals surface area contributed by atoms with Gasteiger partial charge in [-0.25, -0.2) is 16.8 Å². The van der Waals surface area contributed by atoms with Crippen LogP contribution in [0.1, 0.15) is 12.5 Å². The SMILES string of the molecule is CCS(=O)(=O)c1ccc(Cl)[n+](NCc2cc(S(=O)(=O)C(F)(F)F)ccc2O)c1. The van der Waals surface area contributed by atoms with Gasteiger partial charge in [-0.05, 0) is 35.9 Å². The van der Waals surface area contributed by atoms with Crippen LogP contribution in [0.25, 0.3) is 0 Å². The van der Waals surface area contributed by atoms with Gasteiger partial charge in [-0.2, -0.15) is 18.6 Å². The predicted molar refractivity (Wildman–Crippen MR) is 93.8 cm³/mol. The Balaban J connectivity index is 2.36. The number of nitrogens with one attached hydrogen (secondary N) is 1. The highest BCUT2D eigenvalue weighted by molar-refractivity contribution is 7.92. The van der Waals surface area contributed by atoms with Gasteiger partial charge in [0, 0.05) is 11.6 Å². The number of pyridine rings is 1. The normalized spacial score (nSPS) is 12.8. The summed E-state index contributed by atoms with van der Waals surface area (Å²) in [6, 6.07) is 4.71. The Hall–Kier alpha value is -2.05. The van der Waals surface area contributed by atoms with Crippen molar-refractivity contribution in [2.75, 3.05) is 11.2 Å². The third-order valence-corrected chi connectivity index (χ3v) is 7.23. The lowest BCUT2D eigenvalue weighted by Crippen LogP contribution is -2.46. The van der Waals surface area contributed by atoms with E-state index in [-0.39, 0.29) is 27.9 Å². The number of aromatic hydroxyl groups is 1. The molecule has 0 bridgehead atoms. The van der Waals surface area contributed by atoms with Crippen molar-refractivity contribution in [1.29, 1.82) is 0 Å². The number of aromatic nitrogens is 1. The third kappa shape index (κ3) is 4.50. The molecule has 0 spiro atoms. The van der Waals surface area contributed by atoms with Crippen molar-refractivity contribution < 1.29 is 39.8 Å². The van der Waals surface area contributed by atoms with Crippen molar-refractivity contribution in [2.45, 2.75) is 28.8 Å². The number of rotatable bonds is 6. The molecule has 1 aromatic carbocycles. The van der Waals surface area contributed by atoms with E-state index in [0.29, 0.717) is 12.1 Å². The van der Waals surface area contributed by atoms with Gasteiger partial charge in [0.05, 0.1) is 17.2 Å². The summed E-state index contributed by atoms with van der Waals surface area (Å²) >= 11 is 5.96. The zero-order chi connectivity index (χ0) is 21.3. The molecule has 0 aliphatic rings. The fraction of sp³-hybridized carbons (Fsp3) is 0.267. The molecule has 2 aromatic rings. The minimum Gasteiger partial charge on any atom is -0.508 e. The number of halogens is 4. The van der Waals surface area contributed by atoms with E-state index in [1.165, 1.54) is 19.1 Å². The molecule has 0 aliphatic carbocycles. The maximum Gasteiger partial charge on any atom is 0.501 e. The van der Waals surface area contributed by atoms with Crippen LogP contribution in [0.3, 0.4) is 0 Å². The lowest BCUT2D eigenvalue weighted by Gasteiger charge is -2.11. The van der Waals surface area contributed by atoms with E-state index in [9.17, 15) is 35.1 Å². The topological polar surface area (TPSA) is 104 Å². The Morgan fingerprint density at radius 1 is 1.11 bits per heavy atom. The van der Waals surface area contributed by atoms with Crippen molar-refractivity contribution in [2.24, 2.45) is 0 Å². The summed E-state index contributed by atoms with van der Waals surface area (Å²) in [6.45, 7) is 1.11. The van der Waals surface area contributed by atoms with Gasteiger partial charge < -0.3 is 5.11 Å². The van der Waals surface area contributed by atoms with Crippen LogP contribution < -0.4 is 10.1 Å². The van der Waals surface area contributed by atoms with Crippen LogP contribution in [0.5, 0.6) is 5.75 Å². The molecule has 1 aromatic heterocycles. The lowest BCUT2D eigenvalue weighted by atomic mass is 10.2. The first kappa shape index (κ1) is 22.2. The Morgan fingerprint density at radius 3 is 2.29 bits per heavy atom. The maximum absolute atomic E-state index is 12.7. The Bertz CT molecular complexity index is 1100. The summed E-state index contributed by atoms with van der Waals surface area (Å²) in [4.78, 5) is -1.09. The van der Waals surface area contributed by atoms with Gasteiger partial charge in [-0.1, -0.05) is 11.6 Å². The zero-order valence-corrected chi connectivity index (χ0v) is 16.6. The number of nitrogens with zero attached hydrogens (tertiary/aromatic N) is 1. The third-order valence-electron chi connectivity index (χ3n) is 3.72. The summed E-state index contributed by atoms with van der Waals surface area (Å²) in [5.74, 6) is -0.616. The summed E-state index contributed by atoms with van der Waals surface area (Å²) in [5.41, 5.74) is -3.05. The zero-order valence-electron chi connectivity index (χ0n) is 14.2. The largest absolute Gasteiger partial charge is 0.508 e. The molecule has 13 heteroatoms. The van der Waals surface area contributed by atoms with Crippen LogP contribution in [0.2, 0.25) is 5.15 Å². The van der Waals surface area contributed by atoms with Gasteiger partial charge in [0.1, 0.15) is 10.6 Å². The fourth-order valence-electron chi connectivity index (χ4n) is 2.11. The second-order valence-electron chi connectivity index (χ2n) is 5.54.